The number of methoxy groups -OCH3 is 1. The summed E-state index contributed by atoms with van der Waals surface area (Å²) in [6, 6.07) is 1.75. The molecule has 1 N–H and O–H groups in total. The molecule has 0 aromatic carbocycles. The summed E-state index contributed by atoms with van der Waals surface area (Å²) >= 11 is 2.09. The number of carbonyl (C=O) groups is 2. The maximum atomic E-state index is 11.6. The van der Waals surface area contributed by atoms with E-state index in [1.54, 1.807) is 12.3 Å². The van der Waals surface area contributed by atoms with Gasteiger partial charge < -0.3 is 10.1 Å². The quantitative estimate of drug-likeness (QED) is 0.496. The molecular weight excluding hydrogens is 335 g/mol. The molecule has 0 saturated carbocycles. The Kier molecular flexibility index (Phi) is 5.88. The predicted octanol–water partition coefficient (Wildman–Crippen LogP) is 1.37. The molecule has 6 heteroatoms. The van der Waals surface area contributed by atoms with Crippen LogP contribution in [-0.2, 0) is 9.53 Å². The Labute approximate surface area is 113 Å². The van der Waals surface area contributed by atoms with Crippen molar-refractivity contribution in [3.8, 4) is 0 Å². The van der Waals surface area contributed by atoms with Gasteiger partial charge in [-0.25, -0.2) is 0 Å². The molecule has 0 aliphatic heterocycles. The lowest BCUT2D eigenvalue weighted by Gasteiger charge is -2.04. The summed E-state index contributed by atoms with van der Waals surface area (Å²) in [5.74, 6) is -0.448. The van der Waals surface area contributed by atoms with Gasteiger partial charge >= 0.3 is 5.97 Å². The molecule has 1 rings (SSSR count). The zero-order valence-corrected chi connectivity index (χ0v) is 11.6. The topological polar surface area (TPSA) is 68.3 Å². The molecule has 0 bridgehead atoms. The lowest BCUT2D eigenvalue weighted by molar-refractivity contribution is -0.140. The number of nitrogens with zero attached hydrogens (tertiary/aromatic N) is 1. The van der Waals surface area contributed by atoms with Crippen molar-refractivity contribution < 1.29 is 14.3 Å². The van der Waals surface area contributed by atoms with Gasteiger partial charge in [-0.1, -0.05) is 0 Å². The second kappa shape index (κ2) is 7.21. The first kappa shape index (κ1) is 13.9. The van der Waals surface area contributed by atoms with Gasteiger partial charge in [-0.05, 0) is 35.1 Å². The van der Waals surface area contributed by atoms with E-state index in [2.05, 4.69) is 37.6 Å². The van der Waals surface area contributed by atoms with Crippen LogP contribution >= 0.6 is 22.6 Å². The fourth-order valence-corrected chi connectivity index (χ4v) is 1.67. The van der Waals surface area contributed by atoms with Crippen LogP contribution in [0.15, 0.2) is 18.5 Å². The highest BCUT2D eigenvalue weighted by Gasteiger charge is 2.06. The van der Waals surface area contributed by atoms with Crippen LogP contribution in [0.2, 0.25) is 0 Å². The number of esters is 1. The molecule has 92 valence electrons. The van der Waals surface area contributed by atoms with Gasteiger partial charge in [0.1, 0.15) is 0 Å². The maximum absolute atomic E-state index is 11.6. The third-order valence-corrected chi connectivity index (χ3v) is 2.63. The van der Waals surface area contributed by atoms with Gasteiger partial charge in [0.2, 0.25) is 0 Å². The smallest absolute Gasteiger partial charge is 0.305 e. The van der Waals surface area contributed by atoms with Crippen LogP contribution in [-0.4, -0.2) is 30.5 Å². The normalized spacial score (nSPS) is 9.76. The Morgan fingerprint density at radius 1 is 1.47 bits per heavy atom. The molecule has 0 aliphatic rings. The molecule has 1 amide bonds. The average Bonchev–Trinajstić information content (AvgIpc) is 2.34. The molecular formula is C11H13IN2O3. The summed E-state index contributed by atoms with van der Waals surface area (Å²) in [6.07, 6.45) is 4.06. The molecule has 1 heterocycles. The van der Waals surface area contributed by atoms with Gasteiger partial charge in [-0.15, -0.1) is 0 Å². The first-order chi connectivity index (χ1) is 8.13. The fourth-order valence-electron chi connectivity index (χ4n) is 1.17. The summed E-state index contributed by atoms with van der Waals surface area (Å²) in [6.45, 7) is 0.444. The molecule has 0 atom stereocenters. The number of nitrogens with one attached hydrogen (secondary N) is 1. The molecule has 0 radical (unpaired) electrons. The van der Waals surface area contributed by atoms with Crippen molar-refractivity contribution in [1.29, 1.82) is 0 Å². The molecule has 0 fully saturated rings. The highest BCUT2D eigenvalue weighted by Crippen LogP contribution is 2.05. The Bertz CT molecular complexity index is 409. The largest absolute Gasteiger partial charge is 0.469 e. The minimum atomic E-state index is -0.268. The lowest BCUT2D eigenvalue weighted by Crippen LogP contribution is -2.25. The SMILES string of the molecule is COC(=O)CCCNC(=O)c1cncc(I)c1. The Morgan fingerprint density at radius 2 is 2.24 bits per heavy atom. The number of carbonyl (C=O) groups excluding carboxylic acids is 2. The molecule has 1 aromatic rings. The molecule has 17 heavy (non-hydrogen) atoms. The predicted molar refractivity (Wildman–Crippen MR) is 70.5 cm³/mol. The third-order valence-electron chi connectivity index (χ3n) is 2.04. The number of hydrogen-bond donors (Lipinski definition) is 1. The second-order valence-corrected chi connectivity index (χ2v) is 4.57. The molecule has 0 unspecified atom stereocenters. The highest BCUT2D eigenvalue weighted by atomic mass is 127. The van der Waals surface area contributed by atoms with Gasteiger partial charge in [0, 0.05) is 28.9 Å². The lowest BCUT2D eigenvalue weighted by atomic mass is 10.2. The van der Waals surface area contributed by atoms with Crippen LogP contribution in [0, 0.1) is 3.57 Å². The van der Waals surface area contributed by atoms with Gasteiger partial charge in [0.05, 0.1) is 12.7 Å². The van der Waals surface area contributed by atoms with E-state index in [-0.39, 0.29) is 11.9 Å². The van der Waals surface area contributed by atoms with Gasteiger partial charge in [0.15, 0.2) is 0 Å². The zero-order valence-electron chi connectivity index (χ0n) is 9.40. The number of pyridine rings is 1. The van der Waals surface area contributed by atoms with Crippen LogP contribution in [0.25, 0.3) is 0 Å². The van der Waals surface area contributed by atoms with E-state index >= 15 is 0 Å². The van der Waals surface area contributed by atoms with Crippen molar-refractivity contribution in [2.75, 3.05) is 13.7 Å². The number of aromatic nitrogens is 1. The first-order valence-corrected chi connectivity index (χ1v) is 6.17. The minimum Gasteiger partial charge on any atom is -0.469 e. The summed E-state index contributed by atoms with van der Waals surface area (Å²) in [7, 11) is 1.35. The van der Waals surface area contributed by atoms with E-state index in [1.165, 1.54) is 13.3 Å². The van der Waals surface area contributed by atoms with Crippen molar-refractivity contribution in [1.82, 2.24) is 10.3 Å². The van der Waals surface area contributed by atoms with Crippen molar-refractivity contribution >= 4 is 34.5 Å². The van der Waals surface area contributed by atoms with E-state index in [0.717, 1.165) is 3.57 Å². The van der Waals surface area contributed by atoms with Crippen LogP contribution < -0.4 is 5.32 Å². The standard InChI is InChI=1S/C11H13IN2O3/c1-17-10(15)3-2-4-14-11(16)8-5-9(12)7-13-6-8/h5-7H,2-4H2,1H3,(H,14,16). The first-order valence-electron chi connectivity index (χ1n) is 5.09. The van der Waals surface area contributed by atoms with Crippen molar-refractivity contribution in [2.24, 2.45) is 0 Å². The molecule has 1 aromatic heterocycles. The van der Waals surface area contributed by atoms with Crippen molar-refractivity contribution in [3.05, 3.63) is 27.6 Å². The van der Waals surface area contributed by atoms with Crippen LogP contribution in [0.3, 0.4) is 0 Å². The summed E-state index contributed by atoms with van der Waals surface area (Å²) in [5, 5.41) is 2.72. The van der Waals surface area contributed by atoms with E-state index in [9.17, 15) is 9.59 Å². The van der Waals surface area contributed by atoms with E-state index < -0.39 is 0 Å². The van der Waals surface area contributed by atoms with Gasteiger partial charge in [0.25, 0.3) is 5.91 Å². The van der Waals surface area contributed by atoms with E-state index in [0.29, 0.717) is 24.9 Å². The maximum Gasteiger partial charge on any atom is 0.305 e. The Hall–Kier alpha value is -1.18. The number of rotatable bonds is 5. The van der Waals surface area contributed by atoms with Gasteiger partial charge in [-0.3, -0.25) is 14.6 Å². The van der Waals surface area contributed by atoms with Crippen LogP contribution in [0.4, 0.5) is 0 Å². The third kappa shape index (κ3) is 5.12. The Morgan fingerprint density at radius 3 is 2.88 bits per heavy atom. The van der Waals surface area contributed by atoms with E-state index in [1.807, 2.05) is 0 Å². The van der Waals surface area contributed by atoms with Gasteiger partial charge in [-0.2, -0.15) is 0 Å². The summed E-state index contributed by atoms with van der Waals surface area (Å²) < 4.78 is 5.40. The minimum absolute atomic E-state index is 0.180. The fraction of sp³-hybridized carbons (Fsp3) is 0.364. The Balaban J connectivity index is 2.33. The molecule has 0 spiro atoms. The number of ether oxygens (including phenoxy) is 1. The monoisotopic (exact) mass is 348 g/mol. The van der Waals surface area contributed by atoms with E-state index in [4.69, 9.17) is 0 Å². The van der Waals surface area contributed by atoms with Crippen molar-refractivity contribution in [2.45, 2.75) is 12.8 Å². The summed E-state index contributed by atoms with van der Waals surface area (Å²) in [5.41, 5.74) is 0.523. The molecule has 0 aliphatic carbocycles. The molecule has 0 saturated heterocycles. The number of amides is 1. The van der Waals surface area contributed by atoms with Crippen LogP contribution in [0.1, 0.15) is 23.2 Å². The van der Waals surface area contributed by atoms with Crippen LogP contribution in [0.5, 0.6) is 0 Å². The average molecular weight is 348 g/mol. The summed E-state index contributed by atoms with van der Waals surface area (Å²) in [4.78, 5) is 26.4. The number of halogens is 1. The number of hydrogen-bond acceptors (Lipinski definition) is 4. The molecule has 5 nitrogen and oxygen atoms in total. The van der Waals surface area contributed by atoms with Crippen molar-refractivity contribution in [3.63, 3.8) is 0 Å². The zero-order chi connectivity index (χ0) is 12.7. The second-order valence-electron chi connectivity index (χ2n) is 3.33. The highest BCUT2D eigenvalue weighted by molar-refractivity contribution is 14.1.